The standard InChI is InChI=1S/C16H13ClN4OS/c17-10-6-7-12-13(8-10)20-14(21-15(12)22)9-23-16(18)19-11-4-2-1-3-5-11/h1-8H,9H2,(H2,18,19)(H,20,21,22). The van der Waals surface area contributed by atoms with Gasteiger partial charge >= 0.3 is 0 Å². The van der Waals surface area contributed by atoms with Gasteiger partial charge < -0.3 is 10.7 Å². The van der Waals surface area contributed by atoms with Gasteiger partial charge in [-0.15, -0.1) is 0 Å². The number of nitrogens with one attached hydrogen (secondary N) is 1. The molecule has 3 N–H and O–H groups in total. The van der Waals surface area contributed by atoms with Gasteiger partial charge in [-0.05, 0) is 30.3 Å². The smallest absolute Gasteiger partial charge is 0.258 e. The van der Waals surface area contributed by atoms with Gasteiger partial charge in [0.1, 0.15) is 5.82 Å². The van der Waals surface area contributed by atoms with Gasteiger partial charge in [-0.2, -0.15) is 0 Å². The highest BCUT2D eigenvalue weighted by atomic mass is 35.5. The van der Waals surface area contributed by atoms with Crippen molar-refractivity contribution in [1.82, 2.24) is 9.97 Å². The van der Waals surface area contributed by atoms with Crippen LogP contribution in [-0.4, -0.2) is 15.1 Å². The van der Waals surface area contributed by atoms with Crippen molar-refractivity contribution in [1.29, 1.82) is 0 Å². The molecular formula is C16H13ClN4OS. The maximum atomic E-state index is 12.0. The molecule has 0 unspecified atom stereocenters. The Morgan fingerprint density at radius 2 is 2.04 bits per heavy atom. The van der Waals surface area contributed by atoms with Crippen LogP contribution in [0.15, 0.2) is 58.3 Å². The minimum Gasteiger partial charge on any atom is -0.378 e. The van der Waals surface area contributed by atoms with Gasteiger partial charge in [0, 0.05) is 5.02 Å². The Kier molecular flexibility index (Phi) is 4.64. The maximum absolute atomic E-state index is 12.0. The number of nitrogens with two attached hydrogens (primary N) is 1. The predicted octanol–water partition coefficient (Wildman–Crippen LogP) is 3.46. The number of halogens is 1. The van der Waals surface area contributed by atoms with E-state index in [1.807, 2.05) is 30.3 Å². The fourth-order valence-electron chi connectivity index (χ4n) is 2.03. The molecule has 0 atom stereocenters. The summed E-state index contributed by atoms with van der Waals surface area (Å²) in [5, 5.41) is 1.46. The van der Waals surface area contributed by atoms with E-state index in [0.717, 1.165) is 5.69 Å². The van der Waals surface area contributed by atoms with E-state index in [4.69, 9.17) is 17.3 Å². The largest absolute Gasteiger partial charge is 0.378 e. The number of aliphatic imine (C=N–C) groups is 1. The van der Waals surface area contributed by atoms with E-state index in [1.54, 1.807) is 18.2 Å². The van der Waals surface area contributed by atoms with E-state index in [0.29, 0.717) is 32.7 Å². The highest BCUT2D eigenvalue weighted by Crippen LogP contribution is 2.17. The molecule has 0 fully saturated rings. The van der Waals surface area contributed by atoms with Crippen LogP contribution in [0.2, 0.25) is 5.02 Å². The summed E-state index contributed by atoms with van der Waals surface area (Å²) in [4.78, 5) is 23.5. The number of aromatic nitrogens is 2. The molecule has 0 aliphatic carbocycles. The normalized spacial score (nSPS) is 11.8. The fraction of sp³-hybridized carbons (Fsp3) is 0.0625. The van der Waals surface area contributed by atoms with Gasteiger partial charge in [0.15, 0.2) is 5.17 Å². The Morgan fingerprint density at radius 1 is 1.26 bits per heavy atom. The number of para-hydroxylation sites is 1. The quantitative estimate of drug-likeness (QED) is 0.563. The monoisotopic (exact) mass is 344 g/mol. The highest BCUT2D eigenvalue weighted by Gasteiger charge is 2.06. The van der Waals surface area contributed by atoms with Crippen LogP contribution in [0, 0.1) is 0 Å². The van der Waals surface area contributed by atoms with Gasteiger partial charge in [-0.1, -0.05) is 41.6 Å². The summed E-state index contributed by atoms with van der Waals surface area (Å²) < 4.78 is 0. The maximum Gasteiger partial charge on any atom is 0.258 e. The van der Waals surface area contributed by atoms with Crippen LogP contribution in [0.5, 0.6) is 0 Å². The molecule has 0 amide bonds. The van der Waals surface area contributed by atoms with Crippen molar-refractivity contribution in [3.05, 3.63) is 69.7 Å². The Balaban J connectivity index is 1.79. The number of benzene rings is 2. The van der Waals surface area contributed by atoms with E-state index in [-0.39, 0.29) is 5.56 Å². The number of hydrogen-bond acceptors (Lipinski definition) is 4. The first-order valence-corrected chi connectivity index (χ1v) is 8.18. The molecule has 116 valence electrons. The van der Waals surface area contributed by atoms with E-state index in [1.165, 1.54) is 11.8 Å². The molecule has 0 spiro atoms. The van der Waals surface area contributed by atoms with Gasteiger partial charge in [0.05, 0.1) is 22.3 Å². The average molecular weight is 345 g/mol. The summed E-state index contributed by atoms with van der Waals surface area (Å²) in [5.41, 5.74) is 7.05. The van der Waals surface area contributed by atoms with E-state index >= 15 is 0 Å². The molecule has 0 saturated carbocycles. The molecule has 0 saturated heterocycles. The SMILES string of the molecule is NC(=Nc1ccccc1)SCc1nc2cc(Cl)ccc2c(=O)[nH]1. The van der Waals surface area contributed by atoms with E-state index < -0.39 is 0 Å². The van der Waals surface area contributed by atoms with Crippen LogP contribution in [0.3, 0.4) is 0 Å². The van der Waals surface area contributed by atoms with Gasteiger partial charge in [0.25, 0.3) is 5.56 Å². The lowest BCUT2D eigenvalue weighted by molar-refractivity contribution is 1.04. The lowest BCUT2D eigenvalue weighted by atomic mass is 10.2. The van der Waals surface area contributed by atoms with Crippen molar-refractivity contribution in [2.24, 2.45) is 10.7 Å². The van der Waals surface area contributed by atoms with Gasteiger partial charge in [-0.25, -0.2) is 9.98 Å². The van der Waals surface area contributed by atoms with E-state index in [9.17, 15) is 4.79 Å². The molecule has 0 bridgehead atoms. The average Bonchev–Trinajstić information content (AvgIpc) is 2.53. The zero-order chi connectivity index (χ0) is 16.2. The van der Waals surface area contributed by atoms with Gasteiger partial charge in [0.2, 0.25) is 0 Å². The van der Waals surface area contributed by atoms with Crippen LogP contribution >= 0.6 is 23.4 Å². The van der Waals surface area contributed by atoms with Crippen molar-refractivity contribution in [2.45, 2.75) is 5.75 Å². The molecule has 0 aliphatic rings. The molecule has 3 rings (SSSR count). The van der Waals surface area contributed by atoms with Crippen LogP contribution in [0.1, 0.15) is 5.82 Å². The number of amidine groups is 1. The lowest BCUT2D eigenvalue weighted by Crippen LogP contribution is -2.13. The van der Waals surface area contributed by atoms with Crippen molar-refractivity contribution >= 4 is 45.1 Å². The zero-order valence-electron chi connectivity index (χ0n) is 12.0. The summed E-state index contributed by atoms with van der Waals surface area (Å²) in [6.45, 7) is 0. The molecule has 2 aromatic carbocycles. The van der Waals surface area contributed by atoms with Gasteiger partial charge in [-0.3, -0.25) is 4.79 Å². The summed E-state index contributed by atoms with van der Waals surface area (Å²) in [6, 6.07) is 14.4. The molecule has 5 nitrogen and oxygen atoms in total. The molecule has 0 aliphatic heterocycles. The third-order valence-corrected chi connectivity index (χ3v) is 4.11. The third-order valence-electron chi connectivity index (χ3n) is 3.07. The van der Waals surface area contributed by atoms with E-state index in [2.05, 4.69) is 15.0 Å². The fourth-order valence-corrected chi connectivity index (χ4v) is 2.79. The summed E-state index contributed by atoms with van der Waals surface area (Å²) in [5.74, 6) is 0.945. The molecule has 1 heterocycles. The molecule has 7 heteroatoms. The topological polar surface area (TPSA) is 84.1 Å². The number of fused-ring (bicyclic) bond motifs is 1. The minimum absolute atomic E-state index is 0.194. The van der Waals surface area contributed by atoms with Crippen LogP contribution in [-0.2, 0) is 5.75 Å². The first kappa shape index (κ1) is 15.6. The molecule has 0 radical (unpaired) electrons. The number of aromatic amines is 1. The van der Waals surface area contributed by atoms with Crippen molar-refractivity contribution < 1.29 is 0 Å². The number of nitrogens with zero attached hydrogens (tertiary/aromatic N) is 2. The molecular weight excluding hydrogens is 332 g/mol. The van der Waals surface area contributed by atoms with Crippen molar-refractivity contribution in [3.8, 4) is 0 Å². The number of H-pyrrole nitrogens is 1. The summed E-state index contributed by atoms with van der Waals surface area (Å²) >= 11 is 7.25. The summed E-state index contributed by atoms with van der Waals surface area (Å²) in [6.07, 6.45) is 0. The lowest BCUT2D eigenvalue weighted by Gasteiger charge is -2.03. The second-order valence-electron chi connectivity index (χ2n) is 4.75. The van der Waals surface area contributed by atoms with Crippen LogP contribution in [0.25, 0.3) is 10.9 Å². The zero-order valence-corrected chi connectivity index (χ0v) is 13.6. The second-order valence-corrected chi connectivity index (χ2v) is 6.18. The molecule has 1 aromatic heterocycles. The highest BCUT2D eigenvalue weighted by molar-refractivity contribution is 8.13. The third kappa shape index (κ3) is 3.91. The summed E-state index contributed by atoms with van der Waals surface area (Å²) in [7, 11) is 0. The number of hydrogen-bond donors (Lipinski definition) is 2. The second kappa shape index (κ2) is 6.85. The predicted molar refractivity (Wildman–Crippen MR) is 96.4 cm³/mol. The molecule has 23 heavy (non-hydrogen) atoms. The first-order chi connectivity index (χ1) is 11.1. The molecule has 3 aromatic rings. The first-order valence-electron chi connectivity index (χ1n) is 6.82. The number of thioether (sulfide) groups is 1. The Bertz CT molecular complexity index is 924. The Labute approximate surface area is 141 Å². The van der Waals surface area contributed by atoms with Crippen LogP contribution in [0.4, 0.5) is 5.69 Å². The van der Waals surface area contributed by atoms with Crippen LogP contribution < -0.4 is 11.3 Å². The van der Waals surface area contributed by atoms with Crippen molar-refractivity contribution in [3.63, 3.8) is 0 Å². The Hall–Kier alpha value is -2.31. The van der Waals surface area contributed by atoms with Crippen molar-refractivity contribution in [2.75, 3.05) is 0 Å². The minimum atomic E-state index is -0.194. The Morgan fingerprint density at radius 3 is 2.83 bits per heavy atom. The number of rotatable bonds is 3.